The van der Waals surface area contributed by atoms with E-state index < -0.39 is 5.23 Å². The van der Waals surface area contributed by atoms with Gasteiger partial charge in [-0.2, -0.15) is 5.23 Å². The number of imidazole rings is 1. The second-order valence-electron chi connectivity index (χ2n) is 4.98. The van der Waals surface area contributed by atoms with Gasteiger partial charge in [0, 0.05) is 12.1 Å². The lowest BCUT2D eigenvalue weighted by molar-refractivity contribution is -0.991. The molecule has 0 saturated heterocycles. The Bertz CT molecular complexity index is 798. The van der Waals surface area contributed by atoms with E-state index >= 15 is 0 Å². The van der Waals surface area contributed by atoms with Gasteiger partial charge in [0.25, 0.3) is 0 Å². The number of para-hydroxylation sites is 2. The van der Waals surface area contributed by atoms with Crippen LogP contribution >= 0.6 is 11.8 Å². The fourth-order valence-electron chi connectivity index (χ4n) is 2.72. The monoisotopic (exact) mass is 299 g/mol. The SMILES string of the molecule is [O-][NH+](O)c1ccc(C2SCc3nc4ccccc4n32)cc1. The van der Waals surface area contributed by atoms with Crippen LogP contribution in [-0.4, -0.2) is 14.8 Å². The molecule has 1 aliphatic rings. The first-order valence-electron chi connectivity index (χ1n) is 6.65. The molecule has 2 aromatic carbocycles. The van der Waals surface area contributed by atoms with Crippen LogP contribution in [-0.2, 0) is 5.75 Å². The fourth-order valence-corrected chi connectivity index (χ4v) is 3.97. The lowest BCUT2D eigenvalue weighted by Gasteiger charge is -2.16. The zero-order chi connectivity index (χ0) is 14.4. The van der Waals surface area contributed by atoms with Gasteiger partial charge in [0.05, 0.1) is 16.8 Å². The number of nitrogens with zero attached hydrogens (tertiary/aromatic N) is 2. The van der Waals surface area contributed by atoms with Gasteiger partial charge < -0.3 is 9.77 Å². The highest BCUT2D eigenvalue weighted by Gasteiger charge is 2.27. The van der Waals surface area contributed by atoms with Gasteiger partial charge in [0.1, 0.15) is 11.2 Å². The summed E-state index contributed by atoms with van der Waals surface area (Å²) in [6, 6.07) is 15.2. The molecule has 0 fully saturated rings. The molecule has 2 unspecified atom stereocenters. The maximum atomic E-state index is 10.9. The zero-order valence-corrected chi connectivity index (χ0v) is 11.9. The van der Waals surface area contributed by atoms with Crippen molar-refractivity contribution in [1.29, 1.82) is 0 Å². The Hall–Kier alpha value is -1.86. The van der Waals surface area contributed by atoms with Crippen molar-refractivity contribution < 1.29 is 10.4 Å². The van der Waals surface area contributed by atoms with Gasteiger partial charge >= 0.3 is 0 Å². The molecule has 2 heterocycles. The van der Waals surface area contributed by atoms with Gasteiger partial charge in [-0.25, -0.2) is 10.2 Å². The minimum Gasteiger partial charge on any atom is -0.595 e. The predicted octanol–water partition coefficient (Wildman–Crippen LogP) is 2.23. The maximum absolute atomic E-state index is 10.9. The van der Waals surface area contributed by atoms with Gasteiger partial charge in [0.2, 0.25) is 0 Å². The molecular weight excluding hydrogens is 286 g/mol. The first kappa shape index (κ1) is 12.8. The van der Waals surface area contributed by atoms with E-state index in [1.807, 2.05) is 42.1 Å². The molecule has 2 N–H and O–H groups in total. The average molecular weight is 299 g/mol. The lowest BCUT2D eigenvalue weighted by atomic mass is 10.2. The summed E-state index contributed by atoms with van der Waals surface area (Å²) in [5.74, 6) is 1.95. The van der Waals surface area contributed by atoms with Gasteiger partial charge in [0.15, 0.2) is 5.69 Å². The number of rotatable bonds is 2. The number of hydrogen-bond donors (Lipinski definition) is 2. The Morgan fingerprint density at radius 3 is 2.71 bits per heavy atom. The Labute approximate surface area is 125 Å². The Kier molecular flexibility index (Phi) is 2.97. The van der Waals surface area contributed by atoms with E-state index in [-0.39, 0.29) is 5.37 Å². The number of thioether (sulfide) groups is 1. The van der Waals surface area contributed by atoms with E-state index in [9.17, 15) is 5.21 Å². The standard InChI is InChI=1S/C15H13N3O2S/c19-18(20)11-7-5-10(6-8-11)15-17-13-4-2-1-3-12(13)16-14(17)9-21-15/h1-8,15,18-19H,9H2. The highest BCUT2D eigenvalue weighted by atomic mass is 32.2. The van der Waals surface area contributed by atoms with Gasteiger partial charge in [-0.1, -0.05) is 24.3 Å². The topological polar surface area (TPSA) is 65.6 Å². The molecule has 0 spiro atoms. The van der Waals surface area contributed by atoms with Crippen LogP contribution in [0.2, 0.25) is 0 Å². The molecule has 0 radical (unpaired) electrons. The molecule has 4 rings (SSSR count). The van der Waals surface area contributed by atoms with Crippen LogP contribution in [0.25, 0.3) is 11.0 Å². The normalized spacial score (nSPS) is 18.9. The Morgan fingerprint density at radius 1 is 1.19 bits per heavy atom. The molecule has 2 atom stereocenters. The second-order valence-corrected chi connectivity index (χ2v) is 6.05. The number of quaternary nitrogens is 1. The molecule has 6 heteroatoms. The largest absolute Gasteiger partial charge is 0.595 e. The maximum Gasteiger partial charge on any atom is 0.163 e. The van der Waals surface area contributed by atoms with Crippen LogP contribution in [0.4, 0.5) is 5.69 Å². The summed E-state index contributed by atoms with van der Waals surface area (Å²) in [5.41, 5.74) is 3.56. The molecule has 21 heavy (non-hydrogen) atoms. The van der Waals surface area contributed by atoms with Gasteiger partial charge in [-0.05, 0) is 17.7 Å². The molecular formula is C15H13N3O2S. The number of hydrogen-bond acceptors (Lipinski definition) is 4. The van der Waals surface area contributed by atoms with E-state index in [2.05, 4.69) is 15.6 Å². The van der Waals surface area contributed by atoms with Crippen LogP contribution in [0.15, 0.2) is 48.5 Å². The van der Waals surface area contributed by atoms with Crippen LogP contribution in [0.1, 0.15) is 16.8 Å². The molecule has 5 nitrogen and oxygen atoms in total. The van der Waals surface area contributed by atoms with Crippen molar-refractivity contribution in [3.8, 4) is 0 Å². The van der Waals surface area contributed by atoms with E-state index in [4.69, 9.17) is 5.21 Å². The van der Waals surface area contributed by atoms with Crippen molar-refractivity contribution in [3.05, 3.63) is 65.1 Å². The van der Waals surface area contributed by atoms with E-state index in [0.29, 0.717) is 5.69 Å². The summed E-state index contributed by atoms with van der Waals surface area (Å²) in [6.45, 7) is 0. The van der Waals surface area contributed by atoms with Crippen molar-refractivity contribution in [2.75, 3.05) is 0 Å². The smallest absolute Gasteiger partial charge is 0.163 e. The first-order chi connectivity index (χ1) is 10.2. The van der Waals surface area contributed by atoms with Crippen molar-refractivity contribution >= 4 is 28.5 Å². The van der Waals surface area contributed by atoms with E-state index in [1.165, 1.54) is 0 Å². The Balaban J connectivity index is 1.79. The number of benzene rings is 2. The molecule has 106 valence electrons. The van der Waals surface area contributed by atoms with Gasteiger partial charge in [-0.3, -0.25) is 0 Å². The van der Waals surface area contributed by atoms with Crippen molar-refractivity contribution in [2.24, 2.45) is 0 Å². The summed E-state index contributed by atoms with van der Waals surface area (Å²) in [5, 5.41) is 19.2. The molecule has 3 aromatic rings. The summed E-state index contributed by atoms with van der Waals surface area (Å²) in [6.07, 6.45) is 0. The van der Waals surface area contributed by atoms with Crippen molar-refractivity contribution in [1.82, 2.24) is 9.55 Å². The summed E-state index contributed by atoms with van der Waals surface area (Å²) in [7, 11) is 0. The number of aromatic nitrogens is 2. The summed E-state index contributed by atoms with van der Waals surface area (Å²) in [4.78, 5) is 4.66. The zero-order valence-electron chi connectivity index (χ0n) is 11.1. The van der Waals surface area contributed by atoms with E-state index in [0.717, 1.165) is 28.2 Å². The summed E-state index contributed by atoms with van der Waals surface area (Å²) < 4.78 is 2.25. The van der Waals surface area contributed by atoms with Crippen LogP contribution in [0, 0.1) is 5.21 Å². The molecule has 0 bridgehead atoms. The Morgan fingerprint density at radius 2 is 1.95 bits per heavy atom. The second kappa shape index (κ2) is 4.85. The van der Waals surface area contributed by atoms with Crippen LogP contribution in [0.5, 0.6) is 0 Å². The highest BCUT2D eigenvalue weighted by Crippen LogP contribution is 2.42. The fraction of sp³-hybridized carbons (Fsp3) is 0.133. The minimum atomic E-state index is -0.894. The lowest BCUT2D eigenvalue weighted by Crippen LogP contribution is -2.99. The van der Waals surface area contributed by atoms with E-state index in [1.54, 1.807) is 12.1 Å². The highest BCUT2D eigenvalue weighted by molar-refractivity contribution is 7.99. The third-order valence-electron chi connectivity index (χ3n) is 3.72. The van der Waals surface area contributed by atoms with Crippen molar-refractivity contribution in [3.63, 3.8) is 0 Å². The quantitative estimate of drug-likeness (QED) is 0.712. The van der Waals surface area contributed by atoms with Crippen LogP contribution in [0.3, 0.4) is 0 Å². The third kappa shape index (κ3) is 2.04. The summed E-state index contributed by atoms with van der Waals surface area (Å²) >= 11 is 1.81. The van der Waals surface area contributed by atoms with Crippen molar-refractivity contribution in [2.45, 2.75) is 11.1 Å². The number of nitrogens with one attached hydrogen (secondary N) is 1. The molecule has 1 aromatic heterocycles. The average Bonchev–Trinajstić information content (AvgIpc) is 3.06. The third-order valence-corrected chi connectivity index (χ3v) is 4.94. The van der Waals surface area contributed by atoms with Crippen LogP contribution < -0.4 is 5.23 Å². The predicted molar refractivity (Wildman–Crippen MR) is 81.4 cm³/mol. The minimum absolute atomic E-state index is 0.162. The molecule has 0 aliphatic carbocycles. The number of fused-ring (bicyclic) bond motifs is 3. The molecule has 0 amide bonds. The van der Waals surface area contributed by atoms with Gasteiger partial charge in [-0.15, -0.1) is 11.8 Å². The first-order valence-corrected chi connectivity index (χ1v) is 7.69. The molecule has 0 saturated carbocycles. The molecule has 1 aliphatic heterocycles.